The van der Waals surface area contributed by atoms with Gasteiger partial charge in [0.1, 0.15) is 0 Å². The van der Waals surface area contributed by atoms with Gasteiger partial charge in [0, 0.05) is 0 Å². The topological polar surface area (TPSA) is 0 Å². The summed E-state index contributed by atoms with van der Waals surface area (Å²) in [6.07, 6.45) is 0. The van der Waals surface area contributed by atoms with Crippen molar-refractivity contribution in [3.8, 4) is 44.5 Å². The molecule has 50 heavy (non-hydrogen) atoms. The third-order valence-electron chi connectivity index (χ3n) is 10.4. The van der Waals surface area contributed by atoms with Crippen LogP contribution in [0.2, 0.25) is 0 Å². The Kier molecular flexibility index (Phi) is 6.60. The number of hydrogen-bond acceptors (Lipinski definition) is 0. The van der Waals surface area contributed by atoms with Gasteiger partial charge in [-0.15, -0.1) is 0 Å². The third kappa shape index (κ3) is 4.61. The van der Waals surface area contributed by atoms with Crippen LogP contribution in [0, 0.1) is 0 Å². The molecule has 10 aromatic carbocycles. The van der Waals surface area contributed by atoms with Gasteiger partial charge in [0.05, 0.1) is 0 Å². The molecule has 0 atom stereocenters. The van der Waals surface area contributed by atoms with Crippen LogP contribution >= 0.6 is 0 Å². The van der Waals surface area contributed by atoms with Crippen LogP contribution in [0.3, 0.4) is 0 Å². The largest absolute Gasteiger partial charge is 0.0622 e. The molecule has 0 bridgehead atoms. The van der Waals surface area contributed by atoms with Gasteiger partial charge in [-0.1, -0.05) is 176 Å². The standard InChI is InChI=1S/C50H32/c1-2-12-33(13-3-1)36-24-25-38-31-40(27-26-37(38)30-36)49-45-20-8-9-21-46(45)50(44-23-11-17-35-15-5-7-19-42(35)44)48-32-39(28-29-47(48)49)43-22-10-16-34-14-4-6-18-41(34)43/h1-32H. The molecule has 10 aromatic rings. The first-order valence-electron chi connectivity index (χ1n) is 17.3. The fraction of sp³-hybridized carbons (Fsp3) is 0. The lowest BCUT2D eigenvalue weighted by molar-refractivity contribution is 1.64. The summed E-state index contributed by atoms with van der Waals surface area (Å²) in [5.41, 5.74) is 10.0. The molecule has 0 aliphatic heterocycles. The molecule has 0 heteroatoms. The van der Waals surface area contributed by atoms with E-state index in [4.69, 9.17) is 0 Å². The molecule has 0 aromatic heterocycles. The van der Waals surface area contributed by atoms with E-state index in [-0.39, 0.29) is 0 Å². The first-order valence-corrected chi connectivity index (χ1v) is 17.3. The lowest BCUT2D eigenvalue weighted by Crippen LogP contribution is -1.93. The maximum absolute atomic E-state index is 2.44. The zero-order chi connectivity index (χ0) is 33.0. The minimum Gasteiger partial charge on any atom is -0.0622 e. The van der Waals surface area contributed by atoms with Crippen molar-refractivity contribution >= 4 is 53.9 Å². The van der Waals surface area contributed by atoms with E-state index in [9.17, 15) is 0 Å². The Morgan fingerprint density at radius 3 is 1.42 bits per heavy atom. The van der Waals surface area contributed by atoms with Crippen LogP contribution in [-0.2, 0) is 0 Å². The maximum atomic E-state index is 2.44. The summed E-state index contributed by atoms with van der Waals surface area (Å²) in [5.74, 6) is 0. The molecule has 10 rings (SSSR count). The van der Waals surface area contributed by atoms with Gasteiger partial charge in [-0.3, -0.25) is 0 Å². The highest BCUT2D eigenvalue weighted by Crippen LogP contribution is 2.47. The summed E-state index contributed by atoms with van der Waals surface area (Å²) in [6, 6.07) is 71.4. The van der Waals surface area contributed by atoms with Crippen LogP contribution in [0.15, 0.2) is 194 Å². The molecule has 0 radical (unpaired) electrons. The normalized spacial score (nSPS) is 11.6. The molecular formula is C50H32. The van der Waals surface area contributed by atoms with Gasteiger partial charge < -0.3 is 0 Å². The highest BCUT2D eigenvalue weighted by atomic mass is 14.2. The van der Waals surface area contributed by atoms with E-state index >= 15 is 0 Å². The second-order valence-electron chi connectivity index (χ2n) is 13.3. The summed E-state index contributed by atoms with van der Waals surface area (Å²) < 4.78 is 0. The van der Waals surface area contributed by atoms with Crippen LogP contribution in [-0.4, -0.2) is 0 Å². The van der Waals surface area contributed by atoms with E-state index < -0.39 is 0 Å². The van der Waals surface area contributed by atoms with Gasteiger partial charge in [-0.25, -0.2) is 0 Å². The molecule has 0 N–H and O–H groups in total. The van der Waals surface area contributed by atoms with E-state index in [0.717, 1.165) is 0 Å². The predicted octanol–water partition coefficient (Wildman–Crippen LogP) is 14.1. The molecule has 0 fully saturated rings. The zero-order valence-corrected chi connectivity index (χ0v) is 27.5. The van der Waals surface area contributed by atoms with E-state index in [1.807, 2.05) is 0 Å². The molecule has 0 nitrogen and oxygen atoms in total. The van der Waals surface area contributed by atoms with Gasteiger partial charge in [0.15, 0.2) is 0 Å². The zero-order valence-electron chi connectivity index (χ0n) is 27.5. The average Bonchev–Trinajstić information content (AvgIpc) is 3.19. The quantitative estimate of drug-likeness (QED) is 0.169. The lowest BCUT2D eigenvalue weighted by Gasteiger charge is -2.20. The van der Waals surface area contributed by atoms with Crippen molar-refractivity contribution in [2.45, 2.75) is 0 Å². The monoisotopic (exact) mass is 632 g/mol. The van der Waals surface area contributed by atoms with Crippen LogP contribution in [0.4, 0.5) is 0 Å². The third-order valence-corrected chi connectivity index (χ3v) is 10.4. The highest BCUT2D eigenvalue weighted by Gasteiger charge is 2.19. The van der Waals surface area contributed by atoms with Crippen molar-refractivity contribution in [2.75, 3.05) is 0 Å². The first kappa shape index (κ1) is 28.5. The van der Waals surface area contributed by atoms with Crippen molar-refractivity contribution in [1.29, 1.82) is 0 Å². The summed E-state index contributed by atoms with van der Waals surface area (Å²) in [6.45, 7) is 0. The Labute approximate surface area is 291 Å². The Morgan fingerprint density at radius 2 is 0.700 bits per heavy atom. The number of hydrogen-bond donors (Lipinski definition) is 0. The molecule has 0 unspecified atom stereocenters. The van der Waals surface area contributed by atoms with Gasteiger partial charge in [-0.05, 0) is 117 Å². The van der Waals surface area contributed by atoms with E-state index in [2.05, 4.69) is 194 Å². The Hall–Kier alpha value is -6.50. The number of rotatable bonds is 4. The molecule has 0 amide bonds. The van der Waals surface area contributed by atoms with Gasteiger partial charge in [0.25, 0.3) is 0 Å². The smallest absolute Gasteiger partial charge is 0.00199 e. The molecule has 0 spiro atoms. The minimum atomic E-state index is 1.23. The maximum Gasteiger partial charge on any atom is -0.00199 e. The molecule has 0 aliphatic carbocycles. The van der Waals surface area contributed by atoms with E-state index in [1.165, 1.54) is 98.4 Å². The van der Waals surface area contributed by atoms with Crippen LogP contribution in [0.1, 0.15) is 0 Å². The summed E-state index contributed by atoms with van der Waals surface area (Å²) >= 11 is 0. The second-order valence-corrected chi connectivity index (χ2v) is 13.3. The fourth-order valence-electron chi connectivity index (χ4n) is 8.08. The Morgan fingerprint density at radius 1 is 0.200 bits per heavy atom. The summed E-state index contributed by atoms with van der Waals surface area (Å²) in [5, 5.41) is 12.6. The van der Waals surface area contributed by atoms with Crippen molar-refractivity contribution in [3.05, 3.63) is 194 Å². The van der Waals surface area contributed by atoms with Crippen LogP contribution < -0.4 is 0 Å². The Bertz CT molecular complexity index is 2900. The van der Waals surface area contributed by atoms with Gasteiger partial charge >= 0.3 is 0 Å². The molecule has 0 heterocycles. The summed E-state index contributed by atoms with van der Waals surface area (Å²) in [7, 11) is 0. The van der Waals surface area contributed by atoms with E-state index in [1.54, 1.807) is 0 Å². The van der Waals surface area contributed by atoms with Crippen molar-refractivity contribution in [1.82, 2.24) is 0 Å². The van der Waals surface area contributed by atoms with Gasteiger partial charge in [0.2, 0.25) is 0 Å². The summed E-state index contributed by atoms with van der Waals surface area (Å²) in [4.78, 5) is 0. The lowest BCUT2D eigenvalue weighted by atomic mass is 9.83. The van der Waals surface area contributed by atoms with Crippen molar-refractivity contribution < 1.29 is 0 Å². The molecule has 0 saturated heterocycles. The SMILES string of the molecule is c1ccc(-c2ccc3cc(-c4c5ccccc5c(-c5cccc6ccccc56)c5cc(-c6cccc7ccccc67)ccc45)ccc3c2)cc1. The average molecular weight is 633 g/mol. The number of benzene rings is 10. The molecule has 232 valence electrons. The number of fused-ring (bicyclic) bond motifs is 5. The molecule has 0 saturated carbocycles. The first-order chi connectivity index (χ1) is 24.8. The Balaban J connectivity index is 1.28. The van der Waals surface area contributed by atoms with Gasteiger partial charge in [-0.2, -0.15) is 0 Å². The highest BCUT2D eigenvalue weighted by molar-refractivity contribution is 6.24. The van der Waals surface area contributed by atoms with E-state index in [0.29, 0.717) is 0 Å². The molecule has 0 aliphatic rings. The minimum absolute atomic E-state index is 1.23. The predicted molar refractivity (Wildman–Crippen MR) is 216 cm³/mol. The van der Waals surface area contributed by atoms with Crippen molar-refractivity contribution in [2.24, 2.45) is 0 Å². The van der Waals surface area contributed by atoms with Crippen molar-refractivity contribution in [3.63, 3.8) is 0 Å². The second kappa shape index (κ2) is 11.6. The van der Waals surface area contributed by atoms with Crippen LogP contribution in [0.5, 0.6) is 0 Å². The fourth-order valence-corrected chi connectivity index (χ4v) is 8.08. The van der Waals surface area contributed by atoms with Crippen LogP contribution in [0.25, 0.3) is 98.4 Å². The molecular weight excluding hydrogens is 601 g/mol.